The van der Waals surface area contributed by atoms with Crippen LogP contribution in [0.5, 0.6) is 0 Å². The average molecular weight is 511 g/mol. The molecule has 0 fully saturated rings. The van der Waals surface area contributed by atoms with E-state index in [2.05, 4.69) is 15.3 Å². The molecular weight excluding hydrogens is 488 g/mol. The highest BCUT2D eigenvalue weighted by atomic mass is 35.5. The van der Waals surface area contributed by atoms with E-state index in [0.29, 0.717) is 28.7 Å². The molecule has 1 amide bonds. The van der Waals surface area contributed by atoms with Crippen LogP contribution in [0.1, 0.15) is 27.4 Å². The number of hydrogen-bond donors (Lipinski definition) is 1. The first-order valence-corrected chi connectivity index (χ1v) is 12.9. The summed E-state index contributed by atoms with van der Waals surface area (Å²) in [6.07, 6.45) is 3.91. The second kappa shape index (κ2) is 10.3. The number of nitrogens with one attached hydrogen (secondary N) is 1. The predicted molar refractivity (Wildman–Crippen MR) is 134 cm³/mol. The summed E-state index contributed by atoms with van der Waals surface area (Å²) < 4.78 is 29.9. The van der Waals surface area contributed by atoms with Crippen molar-refractivity contribution in [2.45, 2.75) is 25.2 Å². The highest BCUT2D eigenvalue weighted by molar-refractivity contribution is 7.90. The number of anilines is 2. The number of amides is 1. The molecule has 0 radical (unpaired) electrons. The molecule has 0 aliphatic rings. The number of hydrogen-bond acceptors (Lipinski definition) is 7. The molecule has 0 saturated heterocycles. The number of halogens is 1. The Morgan fingerprint density at radius 2 is 1.89 bits per heavy atom. The fraction of sp³-hybridized carbons (Fsp3) is 0.160. The van der Waals surface area contributed by atoms with Gasteiger partial charge in [0.1, 0.15) is 5.76 Å². The number of furan rings is 1. The fourth-order valence-electron chi connectivity index (χ4n) is 3.50. The van der Waals surface area contributed by atoms with Gasteiger partial charge in [-0.1, -0.05) is 41.9 Å². The molecule has 4 rings (SSSR count). The van der Waals surface area contributed by atoms with E-state index in [1.807, 2.05) is 48.2 Å². The summed E-state index contributed by atoms with van der Waals surface area (Å²) in [5.41, 5.74) is 2.60. The Kier molecular flexibility index (Phi) is 7.18. The van der Waals surface area contributed by atoms with Crippen LogP contribution in [0, 0.1) is 6.92 Å². The van der Waals surface area contributed by atoms with Crippen LogP contribution < -0.4 is 10.2 Å². The van der Waals surface area contributed by atoms with E-state index in [9.17, 15) is 13.2 Å². The molecule has 4 aromatic rings. The lowest BCUT2D eigenvalue weighted by atomic mass is 10.1. The average Bonchev–Trinajstić information content (AvgIpc) is 3.32. The Morgan fingerprint density at radius 1 is 1.09 bits per heavy atom. The van der Waals surface area contributed by atoms with Crippen molar-refractivity contribution in [1.29, 1.82) is 0 Å². The summed E-state index contributed by atoms with van der Waals surface area (Å²) in [5.74, 6) is 0.0848. The molecule has 2 aromatic carbocycles. The number of carbonyl (C=O) groups excluding carboxylic acids is 1. The van der Waals surface area contributed by atoms with Gasteiger partial charge in [-0.3, -0.25) is 4.79 Å². The minimum Gasteiger partial charge on any atom is -0.467 e. The van der Waals surface area contributed by atoms with Gasteiger partial charge >= 0.3 is 0 Å². The topological polar surface area (TPSA) is 105 Å². The Hall–Kier alpha value is -3.69. The molecule has 0 aliphatic heterocycles. The van der Waals surface area contributed by atoms with Gasteiger partial charge in [0.2, 0.25) is 15.0 Å². The van der Waals surface area contributed by atoms with Crippen LogP contribution in [0.15, 0.2) is 82.7 Å². The number of aryl methyl sites for hydroxylation is 1. The van der Waals surface area contributed by atoms with Crippen molar-refractivity contribution in [2.24, 2.45) is 0 Å². The number of sulfone groups is 1. The molecule has 0 aliphatic carbocycles. The molecule has 35 heavy (non-hydrogen) atoms. The van der Waals surface area contributed by atoms with Crippen LogP contribution in [0.3, 0.4) is 0 Å². The van der Waals surface area contributed by atoms with E-state index < -0.39 is 20.9 Å². The van der Waals surface area contributed by atoms with Crippen molar-refractivity contribution >= 4 is 38.7 Å². The predicted octanol–water partition coefficient (Wildman–Crippen LogP) is 4.89. The lowest BCUT2D eigenvalue weighted by Gasteiger charge is -2.25. The number of aromatic nitrogens is 2. The summed E-state index contributed by atoms with van der Waals surface area (Å²) in [4.78, 5) is 23.5. The fourth-order valence-corrected chi connectivity index (χ4v) is 4.22. The molecule has 2 aromatic heterocycles. The smallest absolute Gasteiger partial charge is 0.276 e. The zero-order valence-corrected chi connectivity index (χ0v) is 20.7. The van der Waals surface area contributed by atoms with Crippen molar-refractivity contribution < 1.29 is 17.6 Å². The number of nitrogens with zero attached hydrogens (tertiary/aromatic N) is 3. The van der Waals surface area contributed by atoms with Crippen molar-refractivity contribution in [3.8, 4) is 0 Å². The summed E-state index contributed by atoms with van der Waals surface area (Å²) in [6.45, 7) is 2.49. The highest BCUT2D eigenvalue weighted by Crippen LogP contribution is 2.26. The van der Waals surface area contributed by atoms with Gasteiger partial charge in [-0.2, -0.15) is 0 Å². The van der Waals surface area contributed by atoms with Crippen LogP contribution >= 0.6 is 11.6 Å². The first-order chi connectivity index (χ1) is 16.7. The molecule has 10 heteroatoms. The minimum absolute atomic E-state index is 0.0720. The zero-order chi connectivity index (χ0) is 25.0. The van der Waals surface area contributed by atoms with Crippen molar-refractivity contribution in [3.63, 3.8) is 0 Å². The zero-order valence-electron chi connectivity index (χ0n) is 19.1. The Morgan fingerprint density at radius 3 is 2.57 bits per heavy atom. The molecule has 2 heterocycles. The third-order valence-electron chi connectivity index (χ3n) is 5.22. The van der Waals surface area contributed by atoms with Crippen molar-refractivity contribution in [3.05, 3.63) is 101 Å². The molecule has 180 valence electrons. The lowest BCUT2D eigenvalue weighted by molar-refractivity contribution is 0.102. The third-order valence-corrected chi connectivity index (χ3v) is 6.31. The van der Waals surface area contributed by atoms with E-state index in [1.165, 1.54) is 6.20 Å². The van der Waals surface area contributed by atoms with Gasteiger partial charge in [-0.05, 0) is 48.4 Å². The van der Waals surface area contributed by atoms with Gasteiger partial charge in [0, 0.05) is 23.5 Å². The number of carbonyl (C=O) groups is 1. The SMILES string of the molecule is Cc1ccccc1NC(=O)c1nc(S(C)(=O)=O)ncc1N(Cc1cccc(Cl)c1)Cc1ccco1. The highest BCUT2D eigenvalue weighted by Gasteiger charge is 2.24. The van der Waals surface area contributed by atoms with Gasteiger partial charge in [-0.15, -0.1) is 0 Å². The molecule has 1 N–H and O–H groups in total. The molecule has 0 spiro atoms. The summed E-state index contributed by atoms with van der Waals surface area (Å²) in [7, 11) is -3.75. The van der Waals surface area contributed by atoms with E-state index in [4.69, 9.17) is 16.0 Å². The largest absolute Gasteiger partial charge is 0.467 e. The van der Waals surface area contributed by atoms with Crippen LogP contribution in [0.2, 0.25) is 5.02 Å². The maximum atomic E-state index is 13.4. The molecule has 8 nitrogen and oxygen atoms in total. The normalized spacial score (nSPS) is 11.3. The molecular formula is C25H23ClN4O4S. The summed E-state index contributed by atoms with van der Waals surface area (Å²) in [6, 6.07) is 18.2. The van der Waals surface area contributed by atoms with Crippen LogP contribution in [-0.2, 0) is 22.9 Å². The maximum absolute atomic E-state index is 13.4. The molecule has 0 atom stereocenters. The van der Waals surface area contributed by atoms with Gasteiger partial charge in [0.25, 0.3) is 5.91 Å². The van der Waals surface area contributed by atoms with E-state index in [0.717, 1.165) is 17.4 Å². The number of para-hydroxylation sites is 1. The van der Waals surface area contributed by atoms with Crippen molar-refractivity contribution in [2.75, 3.05) is 16.5 Å². The van der Waals surface area contributed by atoms with E-state index >= 15 is 0 Å². The molecule has 0 bridgehead atoms. The van der Waals surface area contributed by atoms with Crippen LogP contribution in [0.4, 0.5) is 11.4 Å². The van der Waals surface area contributed by atoms with Gasteiger partial charge < -0.3 is 14.6 Å². The van der Waals surface area contributed by atoms with Crippen LogP contribution in [0.25, 0.3) is 0 Å². The molecule has 0 saturated carbocycles. The number of benzene rings is 2. The van der Waals surface area contributed by atoms with Gasteiger partial charge in [0.05, 0.1) is 24.7 Å². The molecule has 0 unspecified atom stereocenters. The van der Waals surface area contributed by atoms with Gasteiger partial charge in [0.15, 0.2) is 5.69 Å². The van der Waals surface area contributed by atoms with E-state index in [-0.39, 0.29) is 12.2 Å². The number of rotatable bonds is 8. The first kappa shape index (κ1) is 24.4. The third kappa shape index (κ3) is 6.06. The second-order valence-corrected chi connectivity index (χ2v) is 10.3. The quantitative estimate of drug-likeness (QED) is 0.336. The maximum Gasteiger partial charge on any atom is 0.276 e. The van der Waals surface area contributed by atoms with Gasteiger partial charge in [-0.25, -0.2) is 18.4 Å². The van der Waals surface area contributed by atoms with E-state index in [1.54, 1.807) is 30.5 Å². The monoisotopic (exact) mass is 510 g/mol. The first-order valence-electron chi connectivity index (χ1n) is 10.7. The standard InChI is InChI=1S/C25H23ClN4O4S/c1-17-7-3-4-11-21(17)28-24(31)23-22(14-27-25(29-23)35(2,32)33)30(16-20-10-6-12-34-20)15-18-8-5-9-19(26)13-18/h3-14H,15-16H2,1-2H3,(H,28,31). The Bertz CT molecular complexity index is 1460. The minimum atomic E-state index is -3.75. The lowest BCUT2D eigenvalue weighted by Crippen LogP contribution is -2.27. The summed E-state index contributed by atoms with van der Waals surface area (Å²) in [5, 5.41) is 2.97. The Balaban J connectivity index is 1.80. The van der Waals surface area contributed by atoms with Crippen LogP contribution in [-0.4, -0.2) is 30.5 Å². The van der Waals surface area contributed by atoms with Crippen molar-refractivity contribution in [1.82, 2.24) is 9.97 Å². The second-order valence-electron chi connectivity index (χ2n) is 7.99. The summed E-state index contributed by atoms with van der Waals surface area (Å²) >= 11 is 6.18. The Labute approximate surface area is 208 Å².